The van der Waals surface area contributed by atoms with Crippen molar-refractivity contribution in [1.29, 1.82) is 0 Å². The number of fused-ring (bicyclic) bond motifs is 7. The average Bonchev–Trinajstić information content (AvgIpc) is 3.87. The fourth-order valence-corrected chi connectivity index (χ4v) is 16.2. The third-order valence-electron chi connectivity index (χ3n) is 21.3. The van der Waals surface area contributed by atoms with Crippen molar-refractivity contribution in [1.82, 2.24) is 0 Å². The van der Waals surface area contributed by atoms with Crippen molar-refractivity contribution >= 4 is 17.9 Å². The van der Waals surface area contributed by atoms with Gasteiger partial charge in [-0.15, -0.1) is 0 Å². The lowest BCUT2D eigenvalue weighted by Crippen LogP contribution is -2.72. The molecule has 11 N–H and O–H groups in total. The lowest BCUT2D eigenvalue weighted by Gasteiger charge is -2.72. The van der Waals surface area contributed by atoms with Crippen LogP contribution in [0, 0.1) is 50.2 Å². The molecule has 5 aliphatic carbocycles. The molecule has 0 aromatic heterocycles. The van der Waals surface area contributed by atoms with E-state index in [2.05, 4.69) is 40.7 Å². The zero-order valence-corrected chi connectivity index (χ0v) is 47.3. The van der Waals surface area contributed by atoms with Crippen LogP contribution in [0.25, 0.3) is 0 Å². The van der Waals surface area contributed by atoms with E-state index in [-0.39, 0.29) is 23.7 Å². The van der Waals surface area contributed by atoms with Crippen LogP contribution in [-0.4, -0.2) is 204 Å². The van der Waals surface area contributed by atoms with Crippen LogP contribution in [0.15, 0.2) is 34.9 Å². The first-order valence-electron chi connectivity index (χ1n) is 28.0. The molecule has 8 aliphatic rings. The number of aliphatic hydroxyl groups is 10. The summed E-state index contributed by atoms with van der Waals surface area (Å²) in [5.74, 6) is -3.40. The highest BCUT2D eigenvalue weighted by atomic mass is 16.8. The summed E-state index contributed by atoms with van der Waals surface area (Å²) in [7, 11) is 0. The molecule has 3 unspecified atom stereocenters. The van der Waals surface area contributed by atoms with Gasteiger partial charge in [-0.3, -0.25) is 0 Å². The number of rotatable bonds is 14. The second-order valence-corrected chi connectivity index (χ2v) is 26.0. The fraction of sp³-hybridized carbons (Fsp3) is 0.842. The Morgan fingerprint density at radius 1 is 0.646 bits per heavy atom. The Bertz CT molecular complexity index is 2350. The monoisotopic (exact) mass is 1120 g/mol. The van der Waals surface area contributed by atoms with Crippen LogP contribution in [0.1, 0.15) is 121 Å². The zero-order chi connectivity index (χ0) is 58.4. The van der Waals surface area contributed by atoms with E-state index < -0.39 is 181 Å². The van der Waals surface area contributed by atoms with Gasteiger partial charge in [0.25, 0.3) is 0 Å². The second-order valence-electron chi connectivity index (χ2n) is 26.0. The topological polar surface area (TPSA) is 348 Å². The first-order valence-corrected chi connectivity index (χ1v) is 28.0. The molecule has 0 bridgehead atoms. The largest absolute Gasteiger partial charge is 0.479 e. The number of carboxylic acid groups (broad SMARTS) is 1. The van der Waals surface area contributed by atoms with Gasteiger partial charge >= 0.3 is 17.9 Å². The molecule has 8 rings (SSSR count). The predicted octanol–water partition coefficient (Wildman–Crippen LogP) is 1.29. The Labute approximate surface area is 461 Å². The summed E-state index contributed by atoms with van der Waals surface area (Å²) in [6.07, 6.45) is -20.2. The summed E-state index contributed by atoms with van der Waals surface area (Å²) < 4.78 is 49.2. The van der Waals surface area contributed by atoms with E-state index >= 15 is 0 Å². The van der Waals surface area contributed by atoms with E-state index in [9.17, 15) is 70.6 Å². The number of hydrogen-bond acceptors (Lipinski definition) is 21. The molecule has 7 fully saturated rings. The van der Waals surface area contributed by atoms with Crippen molar-refractivity contribution < 1.29 is 108 Å². The van der Waals surface area contributed by atoms with Gasteiger partial charge in [-0.05, 0) is 112 Å². The SMILES string of the molecule is C/C=C(/C)C(=O)O[C@H]1[C@H](OC(=O)/C(C)=C\C)[C@@]2(CO)C(CC1(C)C)C1=CCC3[C@@]4(C)CC[C@H](O[C@@H]5O[C@H](C(=O)O)[C@@H](O)[C@H](O[C@@H]6O[C@@H](CO)[C@H](O)[C@H]6O)[C@H]5O[C@@H]5O[C@H](CO)[C@H](O)[C@H](O)[C@H]5O)C(C)(C)C4CC[C@@]3(C)[C@]1(C)C[C@H]2O. The Hall–Kier alpha value is -3.01. The third kappa shape index (κ3) is 9.99. The van der Waals surface area contributed by atoms with Gasteiger partial charge in [-0.2, -0.15) is 0 Å². The van der Waals surface area contributed by atoms with Crippen LogP contribution in [0.5, 0.6) is 0 Å². The molecule has 3 saturated heterocycles. The molecule has 3 heterocycles. The summed E-state index contributed by atoms with van der Waals surface area (Å²) in [6.45, 7) is 19.4. The van der Waals surface area contributed by atoms with Gasteiger partial charge < -0.3 is 94.1 Å². The maximum Gasteiger partial charge on any atom is 0.335 e. The standard InChI is InChI=1S/C57H88O22/c1-12-25(3)47(70)78-44-45(79-48(71)26(4)13-2)57(24-60)28(20-52(44,5)6)27-14-15-32-54(9)18-17-34(53(7,8)31(54)16-19-55(32,10)56(27,11)21-33(57)61)74-51-43(77-50-39(66)37(64)35(62)29(22-58)72-50)41(40(67)42(76-51)46(68)69)75-49-38(65)36(63)30(23-59)73-49/h12-14,28-45,49-51,58-67H,15-24H2,1-11H3,(H,68,69)/b25-12-,26-13-/t28?,29-,30+,31?,32?,33-,34+,35+,36+,37+,38-,39-,40+,41+,42+,43-,44+,45+,49+,50+,51-,54+,55-,56-,57+/m1/s1. The average molecular weight is 1130 g/mol. The summed E-state index contributed by atoms with van der Waals surface area (Å²) in [5, 5.41) is 121. The van der Waals surface area contributed by atoms with Crippen molar-refractivity contribution in [3.05, 3.63) is 34.9 Å². The third-order valence-corrected chi connectivity index (χ3v) is 21.3. The molecule has 0 spiro atoms. The highest BCUT2D eigenvalue weighted by Crippen LogP contribution is 2.76. The zero-order valence-electron chi connectivity index (χ0n) is 47.3. The number of hydrogen-bond donors (Lipinski definition) is 11. The molecule has 22 heteroatoms. The number of aliphatic hydroxyl groups excluding tert-OH is 10. The van der Waals surface area contributed by atoms with Crippen molar-refractivity contribution in [2.24, 2.45) is 50.2 Å². The maximum atomic E-state index is 13.8. The fourth-order valence-electron chi connectivity index (χ4n) is 16.2. The van der Waals surface area contributed by atoms with Crippen molar-refractivity contribution in [3.8, 4) is 0 Å². The first kappa shape index (κ1) is 62.0. The smallest absolute Gasteiger partial charge is 0.335 e. The summed E-state index contributed by atoms with van der Waals surface area (Å²) >= 11 is 0. The molecule has 0 amide bonds. The number of esters is 2. The summed E-state index contributed by atoms with van der Waals surface area (Å²) in [6, 6.07) is 0. The number of carboxylic acids is 1. The van der Waals surface area contributed by atoms with E-state index in [1.54, 1.807) is 39.8 Å². The van der Waals surface area contributed by atoms with E-state index in [0.29, 0.717) is 49.7 Å². The molecule has 0 radical (unpaired) electrons. The van der Waals surface area contributed by atoms with E-state index in [1.165, 1.54) is 0 Å². The van der Waals surface area contributed by atoms with Crippen molar-refractivity contribution in [2.45, 2.75) is 232 Å². The van der Waals surface area contributed by atoms with Crippen LogP contribution in [-0.2, 0) is 52.3 Å². The molecular formula is C57H88O22. The van der Waals surface area contributed by atoms with Crippen molar-refractivity contribution in [2.75, 3.05) is 19.8 Å². The molecule has 79 heavy (non-hydrogen) atoms. The minimum Gasteiger partial charge on any atom is -0.479 e. The van der Waals surface area contributed by atoms with Gasteiger partial charge in [0.2, 0.25) is 0 Å². The molecule has 0 aromatic carbocycles. The molecule has 22 nitrogen and oxygen atoms in total. The molecule has 25 atom stereocenters. The molecule has 3 aliphatic heterocycles. The van der Waals surface area contributed by atoms with Gasteiger partial charge in [0, 0.05) is 16.6 Å². The maximum absolute atomic E-state index is 13.8. The Balaban J connectivity index is 1.12. The first-order chi connectivity index (χ1) is 36.9. The van der Waals surface area contributed by atoms with E-state index in [1.807, 2.05) is 13.8 Å². The quantitative estimate of drug-likeness (QED) is 0.0505. The number of carbonyl (C=O) groups is 3. The predicted molar refractivity (Wildman–Crippen MR) is 275 cm³/mol. The van der Waals surface area contributed by atoms with Gasteiger partial charge in [0.15, 0.2) is 31.1 Å². The van der Waals surface area contributed by atoms with Crippen LogP contribution >= 0.6 is 0 Å². The lowest BCUT2D eigenvalue weighted by atomic mass is 9.33. The van der Waals surface area contributed by atoms with Crippen LogP contribution in [0.2, 0.25) is 0 Å². The van der Waals surface area contributed by atoms with Gasteiger partial charge in [-0.1, -0.05) is 72.3 Å². The van der Waals surface area contributed by atoms with Crippen LogP contribution < -0.4 is 0 Å². The van der Waals surface area contributed by atoms with Crippen molar-refractivity contribution in [3.63, 3.8) is 0 Å². The van der Waals surface area contributed by atoms with Crippen LogP contribution in [0.4, 0.5) is 0 Å². The molecular weight excluding hydrogens is 1040 g/mol. The van der Waals surface area contributed by atoms with Gasteiger partial charge in [0.1, 0.15) is 67.1 Å². The molecule has 448 valence electrons. The number of ether oxygens (including phenoxy) is 8. The Morgan fingerprint density at radius 3 is 1.73 bits per heavy atom. The number of aliphatic carboxylic acids is 1. The minimum absolute atomic E-state index is 0.0232. The summed E-state index contributed by atoms with van der Waals surface area (Å²) in [4.78, 5) is 40.3. The normalized spacial score (nSPS) is 48.6. The number of carbonyl (C=O) groups excluding carboxylic acids is 2. The minimum atomic E-state index is -2.10. The highest BCUT2D eigenvalue weighted by molar-refractivity contribution is 5.89. The Kier molecular flexibility index (Phi) is 17.7. The highest BCUT2D eigenvalue weighted by Gasteiger charge is 2.74. The van der Waals surface area contributed by atoms with Gasteiger partial charge in [0.05, 0.1) is 37.4 Å². The molecule has 4 saturated carbocycles. The molecule has 0 aromatic rings. The Morgan fingerprint density at radius 2 is 1.19 bits per heavy atom. The summed E-state index contributed by atoms with van der Waals surface area (Å²) in [5.41, 5.74) is -2.71. The second kappa shape index (κ2) is 22.5. The van der Waals surface area contributed by atoms with E-state index in [0.717, 1.165) is 5.57 Å². The lowest BCUT2D eigenvalue weighted by molar-refractivity contribution is -0.386. The van der Waals surface area contributed by atoms with Gasteiger partial charge in [-0.25, -0.2) is 14.4 Å². The van der Waals surface area contributed by atoms with Crippen LogP contribution in [0.3, 0.4) is 0 Å². The number of allylic oxidation sites excluding steroid dienone is 4. The van der Waals surface area contributed by atoms with E-state index in [4.69, 9.17) is 37.9 Å².